The number of hydrogen-bond acceptors (Lipinski definition) is 0. The van der Waals surface area contributed by atoms with Crippen LogP contribution in [0.1, 0.15) is 32.6 Å². The summed E-state index contributed by atoms with van der Waals surface area (Å²) in [5.41, 5.74) is 0. The fourth-order valence-corrected chi connectivity index (χ4v) is 0.616. The van der Waals surface area contributed by atoms with Crippen LogP contribution >= 0.6 is 0 Å². The molecule has 0 N–H and O–H groups in total. The van der Waals surface area contributed by atoms with Crippen LogP contribution in [-0.4, -0.2) is 11.0 Å². The van der Waals surface area contributed by atoms with E-state index in [9.17, 15) is 0 Å². The van der Waals surface area contributed by atoms with Crippen LogP contribution in [0, 0.1) is 0 Å². The minimum Gasteiger partial charge on any atom is -0.103 e. The molecule has 0 aliphatic carbocycles. The van der Waals surface area contributed by atoms with Crippen molar-refractivity contribution in [3.05, 3.63) is 24.8 Å². The van der Waals surface area contributed by atoms with Gasteiger partial charge in [0, 0.05) is 0 Å². The van der Waals surface area contributed by atoms with Gasteiger partial charge in [0.2, 0.25) is 0 Å². The first-order valence-electron chi connectivity index (χ1n) is 3.67. The van der Waals surface area contributed by atoms with Crippen LogP contribution in [0.15, 0.2) is 24.8 Å². The van der Waals surface area contributed by atoms with E-state index in [0.717, 1.165) is 12.8 Å². The minimum absolute atomic E-state index is 0. The Bertz CT molecular complexity index is 84.7. The molecule has 0 aliphatic rings. The molecule has 0 aromatic carbocycles. The van der Waals surface area contributed by atoms with E-state index in [0.29, 0.717) is 0 Å². The minimum atomic E-state index is 0. The van der Waals surface area contributed by atoms with Gasteiger partial charge in [-0.3, -0.25) is 0 Å². The molecule has 60 valence electrons. The van der Waals surface area contributed by atoms with Crippen LogP contribution in [0.2, 0.25) is 0 Å². The first kappa shape index (κ1) is 12.4. The first-order valence-corrected chi connectivity index (χ1v) is 3.67. The highest BCUT2D eigenvalue weighted by Crippen LogP contribution is 1.94. The quantitative estimate of drug-likeness (QED) is 0.324. The first-order chi connectivity index (χ1) is 4.41. The summed E-state index contributed by atoms with van der Waals surface area (Å²) in [4.78, 5) is 0. The lowest BCUT2D eigenvalue weighted by atomic mass is 10.2. The van der Waals surface area contributed by atoms with Crippen LogP contribution in [-0.2, 0) is 0 Å². The van der Waals surface area contributed by atoms with Crippen molar-refractivity contribution >= 4 is 11.0 Å². The van der Waals surface area contributed by atoms with Crippen molar-refractivity contribution in [3.8, 4) is 0 Å². The topological polar surface area (TPSA) is 0 Å². The molecule has 0 aromatic rings. The van der Waals surface area contributed by atoms with Crippen LogP contribution in [0.4, 0.5) is 0 Å². The van der Waals surface area contributed by atoms with Crippen molar-refractivity contribution in [2.45, 2.75) is 32.6 Å². The molecule has 0 nitrogen and oxygen atoms in total. The molecule has 0 atom stereocenters. The predicted octanol–water partition coefficient (Wildman–Crippen LogP) is 1.86. The van der Waals surface area contributed by atoms with E-state index in [4.69, 9.17) is 0 Å². The molecule has 0 heterocycles. The summed E-state index contributed by atoms with van der Waals surface area (Å²) >= 11 is 0. The average Bonchev–Trinajstić information content (AvgIpc) is 1.89. The van der Waals surface area contributed by atoms with Crippen LogP contribution in [0.3, 0.4) is 0 Å². The molecule has 0 amide bonds. The molecule has 0 aliphatic heterocycles. The van der Waals surface area contributed by atoms with Crippen LogP contribution in [0.5, 0.6) is 0 Å². The highest BCUT2D eigenvalue weighted by Gasteiger charge is 1.73. The zero-order chi connectivity index (χ0) is 6.95. The summed E-state index contributed by atoms with van der Waals surface area (Å²) in [6.07, 6.45) is 11.2. The number of hydrogen-bond donors (Lipinski definition) is 0. The highest BCUT2D eigenvalue weighted by atomic mass is 28.1. The normalized spacial score (nSPS) is 9.30. The van der Waals surface area contributed by atoms with Crippen LogP contribution in [0.25, 0.3) is 0 Å². The Kier molecular flexibility index (Phi) is 14.2. The summed E-state index contributed by atoms with van der Waals surface area (Å²) < 4.78 is 0. The summed E-state index contributed by atoms with van der Waals surface area (Å²) in [6, 6.07) is 0. The van der Waals surface area contributed by atoms with Gasteiger partial charge in [-0.25, -0.2) is 0 Å². The summed E-state index contributed by atoms with van der Waals surface area (Å²) in [5.74, 6) is 0. The van der Waals surface area contributed by atoms with Gasteiger partial charge in [0.1, 0.15) is 0 Å². The predicted molar refractivity (Wildman–Crippen MR) is 54.8 cm³/mol. The highest BCUT2D eigenvalue weighted by molar-refractivity contribution is 5.75. The van der Waals surface area contributed by atoms with Gasteiger partial charge >= 0.3 is 0 Å². The van der Waals surface area contributed by atoms with Crippen molar-refractivity contribution in [2.75, 3.05) is 0 Å². The lowest BCUT2D eigenvalue weighted by molar-refractivity contribution is 0.944. The smallest absolute Gasteiger partial charge is 0.0149 e. The van der Waals surface area contributed by atoms with Crippen LogP contribution < -0.4 is 0 Å². The molecule has 0 saturated heterocycles. The van der Waals surface area contributed by atoms with Crippen molar-refractivity contribution < 1.29 is 0 Å². The molecule has 0 fully saturated rings. The van der Waals surface area contributed by atoms with Crippen molar-refractivity contribution in [1.82, 2.24) is 0 Å². The summed E-state index contributed by atoms with van der Waals surface area (Å²) in [7, 11) is 0. The van der Waals surface area contributed by atoms with E-state index >= 15 is 0 Å². The van der Waals surface area contributed by atoms with E-state index < -0.39 is 0 Å². The van der Waals surface area contributed by atoms with E-state index in [-0.39, 0.29) is 11.0 Å². The third-order valence-electron chi connectivity index (χ3n) is 1.16. The van der Waals surface area contributed by atoms with Gasteiger partial charge in [0.15, 0.2) is 0 Å². The molecule has 0 saturated carbocycles. The average molecular weight is 156 g/mol. The van der Waals surface area contributed by atoms with E-state index in [2.05, 4.69) is 25.7 Å². The van der Waals surface area contributed by atoms with Gasteiger partial charge in [-0.1, -0.05) is 31.6 Å². The number of allylic oxidation sites excluding steroid dienone is 3. The lowest BCUT2D eigenvalue weighted by Gasteiger charge is -1.84. The van der Waals surface area contributed by atoms with Gasteiger partial charge in [0.05, 0.1) is 0 Å². The zero-order valence-corrected chi connectivity index (χ0v) is 6.27. The number of rotatable bonds is 5. The maximum atomic E-state index is 3.64. The Morgan fingerprint density at radius 3 is 2.20 bits per heavy atom. The molecule has 0 radical (unpaired) electrons. The summed E-state index contributed by atoms with van der Waals surface area (Å²) in [6.45, 7) is 5.84. The molecule has 0 unspecified atom stereocenters. The second kappa shape index (κ2) is 11.5. The SMILES string of the molecule is C=CCCC=CCCC.[SiH4]. The van der Waals surface area contributed by atoms with Gasteiger partial charge in [0.25, 0.3) is 0 Å². The second-order valence-corrected chi connectivity index (χ2v) is 2.13. The Morgan fingerprint density at radius 1 is 1.10 bits per heavy atom. The fourth-order valence-electron chi connectivity index (χ4n) is 0.616. The van der Waals surface area contributed by atoms with Gasteiger partial charge in [-0.15, -0.1) is 6.58 Å². The lowest BCUT2D eigenvalue weighted by Crippen LogP contribution is -1.64. The van der Waals surface area contributed by atoms with Gasteiger partial charge in [-0.05, 0) is 30.2 Å². The number of unbranched alkanes of at least 4 members (excludes halogenated alkanes) is 2. The second-order valence-electron chi connectivity index (χ2n) is 2.13. The molecule has 10 heavy (non-hydrogen) atoms. The van der Waals surface area contributed by atoms with E-state index in [1.165, 1.54) is 12.8 Å². The Morgan fingerprint density at radius 2 is 1.70 bits per heavy atom. The molecular weight excluding hydrogens is 136 g/mol. The summed E-state index contributed by atoms with van der Waals surface area (Å²) in [5, 5.41) is 0. The van der Waals surface area contributed by atoms with Crippen molar-refractivity contribution in [2.24, 2.45) is 0 Å². The maximum absolute atomic E-state index is 3.64. The molecule has 0 spiro atoms. The van der Waals surface area contributed by atoms with Crippen molar-refractivity contribution in [3.63, 3.8) is 0 Å². The standard InChI is InChI=1S/C9H16.H4Si/c1-3-5-7-9-8-6-4-2;/h3,8-9H,1,4-7H2,2H3;1H4. The van der Waals surface area contributed by atoms with E-state index in [1.807, 2.05) is 6.08 Å². The van der Waals surface area contributed by atoms with E-state index in [1.54, 1.807) is 0 Å². The Labute approximate surface area is 69.1 Å². The molecule has 1 heteroatoms. The maximum Gasteiger partial charge on any atom is -0.0149 e. The zero-order valence-electron chi connectivity index (χ0n) is 6.27. The fraction of sp³-hybridized carbons (Fsp3) is 0.556. The van der Waals surface area contributed by atoms with Gasteiger partial charge in [-0.2, -0.15) is 0 Å². The molecule has 0 aromatic heterocycles. The largest absolute Gasteiger partial charge is 0.103 e. The van der Waals surface area contributed by atoms with Crippen molar-refractivity contribution in [1.29, 1.82) is 0 Å². The monoisotopic (exact) mass is 156 g/mol. The van der Waals surface area contributed by atoms with Gasteiger partial charge < -0.3 is 0 Å². The third-order valence-corrected chi connectivity index (χ3v) is 1.16. The Balaban J connectivity index is 0. The molecule has 0 bridgehead atoms. The molecular formula is C9H20Si. The Hall–Kier alpha value is -0.303. The molecule has 0 rings (SSSR count). The third kappa shape index (κ3) is 10.6.